The average molecular weight is 408 g/mol. The van der Waals surface area contributed by atoms with Crippen LogP contribution in [0.5, 0.6) is 11.5 Å². The number of benzene rings is 2. The summed E-state index contributed by atoms with van der Waals surface area (Å²) in [5.74, 6) is 0.392. The number of methoxy groups -OCH3 is 2. The standard InChI is InChI=1S/C18H18BrNO5/c1-23-14-6-3-12(4-7-14)10-20-17(21)11-25-18(22)13-5-8-16(24-2)15(19)9-13/h3-9H,10-11H2,1-2H3,(H,20,21). The molecule has 2 aromatic carbocycles. The Morgan fingerprint density at radius 1 is 1.04 bits per heavy atom. The highest BCUT2D eigenvalue weighted by Gasteiger charge is 2.12. The molecule has 0 saturated heterocycles. The van der Waals surface area contributed by atoms with Gasteiger partial charge in [-0.1, -0.05) is 12.1 Å². The van der Waals surface area contributed by atoms with Crippen LogP contribution in [0.25, 0.3) is 0 Å². The highest BCUT2D eigenvalue weighted by molar-refractivity contribution is 9.10. The molecule has 132 valence electrons. The zero-order valence-corrected chi connectivity index (χ0v) is 15.5. The SMILES string of the molecule is COc1ccc(CNC(=O)COC(=O)c2ccc(OC)c(Br)c2)cc1. The Kier molecular flexibility index (Phi) is 6.82. The first kappa shape index (κ1) is 18.8. The number of amides is 1. The summed E-state index contributed by atoms with van der Waals surface area (Å²) in [6, 6.07) is 12.1. The predicted octanol–water partition coefficient (Wildman–Crippen LogP) is 2.94. The van der Waals surface area contributed by atoms with E-state index >= 15 is 0 Å². The quantitative estimate of drug-likeness (QED) is 0.714. The lowest BCUT2D eigenvalue weighted by Gasteiger charge is -2.08. The highest BCUT2D eigenvalue weighted by atomic mass is 79.9. The van der Waals surface area contributed by atoms with Crippen LogP contribution in [0.2, 0.25) is 0 Å². The molecule has 1 N–H and O–H groups in total. The van der Waals surface area contributed by atoms with Gasteiger partial charge in [0.05, 0.1) is 24.3 Å². The van der Waals surface area contributed by atoms with Gasteiger partial charge in [-0.25, -0.2) is 4.79 Å². The Morgan fingerprint density at radius 3 is 2.36 bits per heavy atom. The van der Waals surface area contributed by atoms with E-state index < -0.39 is 5.97 Å². The van der Waals surface area contributed by atoms with Crippen LogP contribution in [0, 0.1) is 0 Å². The lowest BCUT2D eigenvalue weighted by Crippen LogP contribution is -2.28. The molecule has 2 aromatic rings. The summed E-state index contributed by atoms with van der Waals surface area (Å²) in [6.45, 7) is -0.00685. The molecule has 0 bridgehead atoms. The zero-order chi connectivity index (χ0) is 18.2. The number of nitrogens with one attached hydrogen (secondary N) is 1. The van der Waals surface area contributed by atoms with Crippen molar-refractivity contribution in [1.29, 1.82) is 0 Å². The Balaban J connectivity index is 1.80. The number of carbonyl (C=O) groups excluding carboxylic acids is 2. The predicted molar refractivity (Wildman–Crippen MR) is 95.8 cm³/mol. The number of hydrogen-bond donors (Lipinski definition) is 1. The van der Waals surface area contributed by atoms with Crippen molar-refractivity contribution in [2.75, 3.05) is 20.8 Å². The normalized spacial score (nSPS) is 10.0. The van der Waals surface area contributed by atoms with E-state index in [1.165, 1.54) is 7.11 Å². The van der Waals surface area contributed by atoms with Crippen molar-refractivity contribution in [2.24, 2.45) is 0 Å². The maximum Gasteiger partial charge on any atom is 0.338 e. The topological polar surface area (TPSA) is 73.9 Å². The summed E-state index contributed by atoms with van der Waals surface area (Å²) in [5.41, 5.74) is 1.25. The lowest BCUT2D eigenvalue weighted by molar-refractivity contribution is -0.124. The second-order valence-corrected chi connectivity index (χ2v) is 5.90. The minimum absolute atomic E-state index is 0.329. The number of rotatable bonds is 7. The van der Waals surface area contributed by atoms with E-state index in [1.807, 2.05) is 24.3 Å². The third kappa shape index (κ3) is 5.49. The van der Waals surface area contributed by atoms with E-state index in [1.54, 1.807) is 25.3 Å². The fraction of sp³-hybridized carbons (Fsp3) is 0.222. The van der Waals surface area contributed by atoms with Gasteiger partial charge in [-0.05, 0) is 51.8 Å². The van der Waals surface area contributed by atoms with E-state index in [2.05, 4.69) is 21.2 Å². The van der Waals surface area contributed by atoms with Gasteiger partial charge in [0.2, 0.25) is 0 Å². The van der Waals surface area contributed by atoms with Gasteiger partial charge < -0.3 is 19.5 Å². The van der Waals surface area contributed by atoms with Crippen molar-refractivity contribution < 1.29 is 23.8 Å². The van der Waals surface area contributed by atoms with E-state index in [0.717, 1.165) is 11.3 Å². The summed E-state index contributed by atoms with van der Waals surface area (Å²) in [7, 11) is 3.12. The molecule has 2 rings (SSSR count). The molecule has 0 fully saturated rings. The number of esters is 1. The van der Waals surface area contributed by atoms with Crippen molar-refractivity contribution in [2.45, 2.75) is 6.54 Å². The number of ether oxygens (including phenoxy) is 3. The monoisotopic (exact) mass is 407 g/mol. The molecule has 1 amide bonds. The fourth-order valence-corrected chi connectivity index (χ4v) is 2.54. The number of hydrogen-bond acceptors (Lipinski definition) is 5. The molecule has 25 heavy (non-hydrogen) atoms. The van der Waals surface area contributed by atoms with Crippen LogP contribution in [-0.4, -0.2) is 32.7 Å². The van der Waals surface area contributed by atoms with Gasteiger partial charge >= 0.3 is 5.97 Å². The van der Waals surface area contributed by atoms with Gasteiger partial charge in [0.15, 0.2) is 6.61 Å². The lowest BCUT2D eigenvalue weighted by atomic mass is 10.2. The Morgan fingerprint density at radius 2 is 1.76 bits per heavy atom. The molecule has 0 radical (unpaired) electrons. The Labute approximate surface area is 154 Å². The van der Waals surface area contributed by atoms with Crippen LogP contribution in [0.1, 0.15) is 15.9 Å². The molecule has 0 aliphatic heterocycles. The first-order chi connectivity index (χ1) is 12.0. The molecular formula is C18H18BrNO5. The smallest absolute Gasteiger partial charge is 0.338 e. The molecule has 0 unspecified atom stereocenters. The zero-order valence-electron chi connectivity index (χ0n) is 13.9. The third-order valence-corrected chi connectivity index (χ3v) is 3.99. The van der Waals surface area contributed by atoms with Crippen LogP contribution in [0.3, 0.4) is 0 Å². The first-order valence-electron chi connectivity index (χ1n) is 7.43. The molecule has 7 heteroatoms. The molecular weight excluding hydrogens is 390 g/mol. The highest BCUT2D eigenvalue weighted by Crippen LogP contribution is 2.25. The molecule has 6 nitrogen and oxygen atoms in total. The van der Waals surface area contributed by atoms with Crippen LogP contribution in [-0.2, 0) is 16.1 Å². The Hall–Kier alpha value is -2.54. The van der Waals surface area contributed by atoms with Crippen molar-refractivity contribution in [3.8, 4) is 11.5 Å². The van der Waals surface area contributed by atoms with Crippen molar-refractivity contribution in [3.05, 3.63) is 58.1 Å². The molecule has 0 saturated carbocycles. The molecule has 0 atom stereocenters. The van der Waals surface area contributed by atoms with Gasteiger partial charge in [-0.15, -0.1) is 0 Å². The van der Waals surface area contributed by atoms with E-state index in [-0.39, 0.29) is 12.5 Å². The van der Waals surface area contributed by atoms with Gasteiger partial charge in [-0.3, -0.25) is 4.79 Å². The van der Waals surface area contributed by atoms with Crippen molar-refractivity contribution >= 4 is 27.8 Å². The molecule has 0 aliphatic carbocycles. The van der Waals surface area contributed by atoms with Crippen LogP contribution >= 0.6 is 15.9 Å². The number of halogens is 1. The summed E-state index contributed by atoms with van der Waals surface area (Å²) in [4.78, 5) is 23.8. The largest absolute Gasteiger partial charge is 0.497 e. The first-order valence-corrected chi connectivity index (χ1v) is 8.23. The average Bonchev–Trinajstić information content (AvgIpc) is 2.64. The van der Waals surface area contributed by atoms with E-state index in [0.29, 0.717) is 22.3 Å². The molecule has 0 heterocycles. The van der Waals surface area contributed by atoms with Crippen molar-refractivity contribution in [1.82, 2.24) is 5.32 Å². The summed E-state index contributed by atoms with van der Waals surface area (Å²) < 4.78 is 15.8. The van der Waals surface area contributed by atoms with E-state index in [4.69, 9.17) is 14.2 Å². The number of carbonyl (C=O) groups is 2. The van der Waals surface area contributed by atoms with Gasteiger partial charge in [0, 0.05) is 6.54 Å². The minimum atomic E-state index is -0.581. The van der Waals surface area contributed by atoms with Crippen LogP contribution < -0.4 is 14.8 Å². The van der Waals surface area contributed by atoms with Gasteiger partial charge in [0.25, 0.3) is 5.91 Å². The minimum Gasteiger partial charge on any atom is -0.497 e. The van der Waals surface area contributed by atoms with Gasteiger partial charge in [0.1, 0.15) is 11.5 Å². The van der Waals surface area contributed by atoms with Crippen molar-refractivity contribution in [3.63, 3.8) is 0 Å². The second kappa shape index (κ2) is 9.08. The third-order valence-electron chi connectivity index (χ3n) is 3.37. The second-order valence-electron chi connectivity index (χ2n) is 5.05. The maximum absolute atomic E-state index is 12.0. The summed E-state index contributed by atoms with van der Waals surface area (Å²) >= 11 is 3.30. The van der Waals surface area contributed by atoms with Gasteiger partial charge in [-0.2, -0.15) is 0 Å². The summed E-state index contributed by atoms with van der Waals surface area (Å²) in [6.07, 6.45) is 0. The Bertz CT molecular complexity index is 746. The fourth-order valence-electron chi connectivity index (χ4n) is 2.00. The van der Waals surface area contributed by atoms with Crippen LogP contribution in [0.15, 0.2) is 46.9 Å². The van der Waals surface area contributed by atoms with E-state index in [9.17, 15) is 9.59 Å². The molecule has 0 spiro atoms. The van der Waals surface area contributed by atoms with Crippen LogP contribution in [0.4, 0.5) is 0 Å². The molecule has 0 aliphatic rings. The molecule has 0 aromatic heterocycles. The summed E-state index contributed by atoms with van der Waals surface area (Å²) in [5, 5.41) is 2.69. The maximum atomic E-state index is 12.0.